The van der Waals surface area contributed by atoms with Gasteiger partial charge in [0.2, 0.25) is 0 Å². The van der Waals surface area contributed by atoms with Crippen LogP contribution in [0.15, 0.2) is 53.6 Å². The van der Waals surface area contributed by atoms with E-state index in [4.69, 9.17) is 17.3 Å². The Hall–Kier alpha value is -2.42. The molecule has 9 heteroatoms. The largest absolute Gasteiger partial charge is 0.365 e. The van der Waals surface area contributed by atoms with Crippen LogP contribution in [0.25, 0.3) is 11.3 Å². The molecule has 1 aliphatic rings. The molecule has 3 N–H and O–H groups in total. The Balaban J connectivity index is 1.85. The molecule has 0 radical (unpaired) electrons. The van der Waals surface area contributed by atoms with Gasteiger partial charge in [-0.25, -0.2) is 12.8 Å². The molecular weight excluding hydrogens is 403 g/mol. The summed E-state index contributed by atoms with van der Waals surface area (Å²) in [6, 6.07) is 10.9. The second-order valence-corrected chi connectivity index (χ2v) is 9.26. The molecule has 4 rings (SSSR count). The number of benzene rings is 2. The van der Waals surface area contributed by atoms with Crippen molar-refractivity contribution in [1.82, 2.24) is 10.2 Å². The maximum Gasteiger partial charge on any atom is 0.182 e. The van der Waals surface area contributed by atoms with Gasteiger partial charge in [-0.15, -0.1) is 0 Å². The lowest BCUT2D eigenvalue weighted by molar-refractivity contribution is 0.587. The fourth-order valence-electron chi connectivity index (χ4n) is 3.42. The van der Waals surface area contributed by atoms with E-state index in [1.165, 1.54) is 6.20 Å². The van der Waals surface area contributed by atoms with Crippen LogP contribution in [-0.4, -0.2) is 37.0 Å². The number of nitrogens with one attached hydrogen (secondary N) is 1. The van der Waals surface area contributed by atoms with Crippen LogP contribution in [0.4, 0.5) is 10.1 Å². The molecule has 0 aliphatic carbocycles. The van der Waals surface area contributed by atoms with Crippen molar-refractivity contribution in [3.05, 3.63) is 65.1 Å². The van der Waals surface area contributed by atoms with Crippen molar-refractivity contribution in [3.63, 3.8) is 0 Å². The normalized spacial score (nSPS) is 18.5. The number of nitrogens with zero attached hydrogens (tertiary/aromatic N) is 2. The summed E-state index contributed by atoms with van der Waals surface area (Å²) in [5, 5.41) is 7.18. The van der Waals surface area contributed by atoms with Gasteiger partial charge in [0.05, 0.1) is 22.0 Å². The molecule has 0 saturated carbocycles. The third-order valence-corrected chi connectivity index (χ3v) is 6.81. The van der Waals surface area contributed by atoms with Gasteiger partial charge in [0.1, 0.15) is 5.82 Å². The van der Waals surface area contributed by atoms with Crippen LogP contribution in [0, 0.1) is 5.82 Å². The molecule has 0 amide bonds. The van der Waals surface area contributed by atoms with Gasteiger partial charge in [-0.3, -0.25) is 5.10 Å². The van der Waals surface area contributed by atoms with E-state index < -0.39 is 21.7 Å². The molecule has 1 atom stereocenters. The van der Waals surface area contributed by atoms with E-state index in [1.807, 2.05) is 17.0 Å². The molecule has 2 aromatic carbocycles. The number of rotatable bonds is 3. The van der Waals surface area contributed by atoms with Crippen molar-refractivity contribution < 1.29 is 12.8 Å². The minimum atomic E-state index is -3.72. The average molecular weight is 421 g/mol. The molecule has 0 fully saturated rings. The van der Waals surface area contributed by atoms with Crippen molar-refractivity contribution in [2.24, 2.45) is 5.73 Å². The summed E-state index contributed by atoms with van der Waals surface area (Å²) in [5.41, 5.74) is 8.16. The molecule has 6 nitrogen and oxygen atoms in total. The number of halogens is 2. The minimum Gasteiger partial charge on any atom is -0.365 e. The molecular formula is C19H18ClFN4O2S. The van der Waals surface area contributed by atoms with Crippen LogP contribution in [0.2, 0.25) is 5.02 Å². The van der Waals surface area contributed by atoms with E-state index in [1.54, 1.807) is 24.3 Å². The Morgan fingerprint density at radius 2 is 2.00 bits per heavy atom. The third kappa shape index (κ3) is 3.63. The Bertz CT molecular complexity index is 1100. The van der Waals surface area contributed by atoms with Crippen LogP contribution in [-0.2, 0) is 16.4 Å². The molecule has 146 valence electrons. The molecule has 1 aliphatic heterocycles. The summed E-state index contributed by atoms with van der Waals surface area (Å²) in [6.07, 6.45) is 1.51. The van der Waals surface area contributed by atoms with Crippen molar-refractivity contribution >= 4 is 27.1 Å². The van der Waals surface area contributed by atoms with Crippen molar-refractivity contribution in [2.75, 3.05) is 17.2 Å². The maximum absolute atomic E-state index is 14.7. The molecule has 1 aromatic heterocycles. The summed E-state index contributed by atoms with van der Waals surface area (Å²) >= 11 is 5.95. The molecule has 0 spiro atoms. The first-order valence-corrected chi connectivity index (χ1v) is 10.7. The fourth-order valence-corrected chi connectivity index (χ4v) is 5.18. The molecule has 28 heavy (non-hydrogen) atoms. The van der Waals surface area contributed by atoms with Crippen LogP contribution >= 0.6 is 11.6 Å². The fraction of sp³-hybridized carbons (Fsp3) is 0.211. The van der Waals surface area contributed by atoms with Gasteiger partial charge in [-0.1, -0.05) is 23.7 Å². The molecule has 0 saturated heterocycles. The lowest BCUT2D eigenvalue weighted by Gasteiger charge is -2.26. The summed E-state index contributed by atoms with van der Waals surface area (Å²) < 4.78 is 40.3. The highest BCUT2D eigenvalue weighted by Crippen LogP contribution is 2.36. The second-order valence-electron chi connectivity index (χ2n) is 6.82. The molecule has 3 aromatic rings. The first-order chi connectivity index (χ1) is 13.3. The Kier molecular flexibility index (Phi) is 4.86. The van der Waals surface area contributed by atoms with Crippen molar-refractivity contribution in [1.29, 1.82) is 0 Å². The quantitative estimate of drug-likeness (QED) is 0.679. The number of anilines is 1. The number of aromatic amines is 1. The SMILES string of the molecule is N[C@@H]1CN(Cc2ccc(Cl)cc2)c2cc(-c3ccn[nH]3)c(F)cc2S(=O)(=O)C1. The first-order valence-electron chi connectivity index (χ1n) is 8.64. The van der Waals surface area contributed by atoms with Gasteiger partial charge >= 0.3 is 0 Å². The monoisotopic (exact) mass is 420 g/mol. The second kappa shape index (κ2) is 7.20. The summed E-state index contributed by atoms with van der Waals surface area (Å²) in [5.74, 6) is -0.867. The van der Waals surface area contributed by atoms with Gasteiger partial charge in [-0.05, 0) is 35.9 Å². The zero-order chi connectivity index (χ0) is 19.9. The van der Waals surface area contributed by atoms with Crippen molar-refractivity contribution in [3.8, 4) is 11.3 Å². The lowest BCUT2D eigenvalue weighted by atomic mass is 10.1. The average Bonchev–Trinajstić information content (AvgIpc) is 3.14. The van der Waals surface area contributed by atoms with E-state index in [0.29, 0.717) is 29.5 Å². The van der Waals surface area contributed by atoms with E-state index in [2.05, 4.69) is 10.2 Å². The lowest BCUT2D eigenvalue weighted by Crippen LogP contribution is -2.39. The van der Waals surface area contributed by atoms with Gasteiger partial charge in [-0.2, -0.15) is 5.10 Å². The Morgan fingerprint density at radius 1 is 1.25 bits per heavy atom. The van der Waals surface area contributed by atoms with E-state index >= 15 is 0 Å². The van der Waals surface area contributed by atoms with Gasteiger partial charge < -0.3 is 10.6 Å². The smallest absolute Gasteiger partial charge is 0.182 e. The highest BCUT2D eigenvalue weighted by molar-refractivity contribution is 7.91. The van der Waals surface area contributed by atoms with Crippen molar-refractivity contribution in [2.45, 2.75) is 17.5 Å². The highest BCUT2D eigenvalue weighted by Gasteiger charge is 2.31. The van der Waals surface area contributed by atoms with Crippen LogP contribution < -0.4 is 10.6 Å². The molecule has 0 bridgehead atoms. The zero-order valence-electron chi connectivity index (χ0n) is 14.8. The molecule has 0 unspecified atom stereocenters. The number of H-pyrrole nitrogens is 1. The van der Waals surface area contributed by atoms with Crippen LogP contribution in [0.3, 0.4) is 0 Å². The predicted octanol–water partition coefficient (Wildman–Crippen LogP) is 2.99. The summed E-state index contributed by atoms with van der Waals surface area (Å²) in [4.78, 5) is 1.82. The summed E-state index contributed by atoms with van der Waals surface area (Å²) in [6.45, 7) is 0.740. The van der Waals surface area contributed by atoms with Gasteiger partial charge in [0.25, 0.3) is 0 Å². The van der Waals surface area contributed by atoms with E-state index in [0.717, 1.165) is 11.6 Å². The number of aromatic nitrogens is 2. The van der Waals surface area contributed by atoms with E-state index in [9.17, 15) is 12.8 Å². The highest BCUT2D eigenvalue weighted by atomic mass is 35.5. The zero-order valence-corrected chi connectivity index (χ0v) is 16.3. The minimum absolute atomic E-state index is 0.0461. The number of sulfone groups is 1. The number of nitrogens with two attached hydrogens (primary N) is 1. The Labute approximate surface area is 167 Å². The topological polar surface area (TPSA) is 92.1 Å². The standard InChI is InChI=1S/C19H18ClFN4O2S/c20-13-3-1-12(2-4-13)9-25-10-14(22)11-28(26,27)19-8-16(21)15(7-18(19)25)17-5-6-23-24-17/h1-8,14H,9-11,22H2,(H,23,24)/t14-/m1/s1. The number of fused-ring (bicyclic) bond motifs is 1. The van der Waals surface area contributed by atoms with Crippen LogP contribution in [0.1, 0.15) is 5.56 Å². The number of hydrogen-bond acceptors (Lipinski definition) is 5. The summed E-state index contributed by atoms with van der Waals surface area (Å²) in [7, 11) is -3.72. The third-order valence-electron chi connectivity index (χ3n) is 4.69. The van der Waals surface area contributed by atoms with Gasteiger partial charge in [0.15, 0.2) is 9.84 Å². The Morgan fingerprint density at radius 3 is 2.68 bits per heavy atom. The first kappa shape index (κ1) is 18.9. The maximum atomic E-state index is 14.7. The van der Waals surface area contributed by atoms with E-state index in [-0.39, 0.29) is 16.2 Å². The van der Waals surface area contributed by atoms with Gasteiger partial charge in [0, 0.05) is 35.9 Å². The number of hydrogen-bond donors (Lipinski definition) is 2. The predicted molar refractivity (Wildman–Crippen MR) is 107 cm³/mol. The molecule has 2 heterocycles. The van der Waals surface area contributed by atoms with Crippen LogP contribution in [0.5, 0.6) is 0 Å².